The van der Waals surface area contributed by atoms with Crippen molar-refractivity contribution in [2.75, 3.05) is 0 Å². The molecule has 0 nitrogen and oxygen atoms in total. The number of benzene rings is 1. The third-order valence-corrected chi connectivity index (χ3v) is 2.29. The van der Waals surface area contributed by atoms with Crippen LogP contribution < -0.4 is 0 Å². The van der Waals surface area contributed by atoms with E-state index in [2.05, 4.69) is 26.0 Å². The molecule has 0 fully saturated rings. The van der Waals surface area contributed by atoms with Crippen LogP contribution in [-0.2, 0) is 6.42 Å². The maximum absolute atomic E-state index is 5.92. The Morgan fingerprint density at radius 3 is 2.50 bits per heavy atom. The molecule has 0 bridgehead atoms. The van der Waals surface area contributed by atoms with Crippen LogP contribution in [0.1, 0.15) is 25.0 Å². The minimum Gasteiger partial charge on any atom is -0.0841 e. The van der Waals surface area contributed by atoms with Crippen LogP contribution in [0.2, 0.25) is 5.02 Å². The molecule has 1 heteroatoms. The summed E-state index contributed by atoms with van der Waals surface area (Å²) in [7, 11) is 0. The van der Waals surface area contributed by atoms with Gasteiger partial charge in [0.15, 0.2) is 0 Å². The average molecular weight is 183 g/mol. The molecule has 0 spiro atoms. The van der Waals surface area contributed by atoms with Gasteiger partial charge in [0.1, 0.15) is 0 Å². The summed E-state index contributed by atoms with van der Waals surface area (Å²) in [6.07, 6.45) is 1.14. The summed E-state index contributed by atoms with van der Waals surface area (Å²) in [5, 5.41) is 0.863. The van der Waals surface area contributed by atoms with E-state index in [0.717, 1.165) is 11.4 Å². The molecular weight excluding hydrogens is 168 g/mol. The smallest absolute Gasteiger partial charge is 0.0435 e. The number of hydrogen-bond acceptors (Lipinski definition) is 0. The summed E-state index contributed by atoms with van der Waals surface area (Å²) in [5.74, 6) is 0.713. The maximum Gasteiger partial charge on any atom is 0.0435 e. The van der Waals surface area contributed by atoms with E-state index in [-0.39, 0.29) is 0 Å². The Morgan fingerprint density at radius 1 is 1.33 bits per heavy atom. The Bertz CT molecular complexity index is 264. The van der Waals surface area contributed by atoms with Crippen molar-refractivity contribution >= 4 is 11.6 Å². The summed E-state index contributed by atoms with van der Waals surface area (Å²) in [5.41, 5.74) is 2.56. The van der Waals surface area contributed by atoms with Crippen molar-refractivity contribution in [1.82, 2.24) is 0 Å². The van der Waals surface area contributed by atoms with Gasteiger partial charge in [0.25, 0.3) is 0 Å². The van der Waals surface area contributed by atoms with Crippen molar-refractivity contribution in [2.45, 2.75) is 27.2 Å². The monoisotopic (exact) mass is 182 g/mol. The number of aryl methyl sites for hydroxylation is 1. The highest BCUT2D eigenvalue weighted by Gasteiger charge is 1.99. The summed E-state index contributed by atoms with van der Waals surface area (Å²) < 4.78 is 0. The lowest BCUT2D eigenvalue weighted by molar-refractivity contribution is 0.647. The van der Waals surface area contributed by atoms with Crippen molar-refractivity contribution in [3.63, 3.8) is 0 Å². The lowest BCUT2D eigenvalue weighted by Gasteiger charge is -2.06. The van der Waals surface area contributed by atoms with E-state index in [1.165, 1.54) is 11.1 Å². The van der Waals surface area contributed by atoms with Crippen molar-refractivity contribution in [2.24, 2.45) is 5.92 Å². The second-order valence-corrected chi connectivity index (χ2v) is 4.09. The van der Waals surface area contributed by atoms with Gasteiger partial charge in [-0.3, -0.25) is 0 Å². The molecule has 0 heterocycles. The van der Waals surface area contributed by atoms with Crippen LogP contribution in [0.4, 0.5) is 0 Å². The summed E-state index contributed by atoms with van der Waals surface area (Å²) in [6, 6.07) is 6.26. The second-order valence-electron chi connectivity index (χ2n) is 3.68. The van der Waals surface area contributed by atoms with Gasteiger partial charge in [-0.1, -0.05) is 37.6 Å². The van der Waals surface area contributed by atoms with Gasteiger partial charge in [-0.25, -0.2) is 0 Å². The fourth-order valence-corrected chi connectivity index (χ4v) is 1.42. The van der Waals surface area contributed by atoms with Crippen LogP contribution in [0.25, 0.3) is 0 Å². The van der Waals surface area contributed by atoms with Crippen LogP contribution >= 0.6 is 11.6 Å². The first-order valence-electron chi connectivity index (χ1n) is 4.34. The molecule has 1 aromatic carbocycles. The first-order chi connectivity index (χ1) is 5.59. The largest absolute Gasteiger partial charge is 0.0841 e. The Kier molecular flexibility index (Phi) is 3.16. The molecule has 1 aromatic rings. The quantitative estimate of drug-likeness (QED) is 0.652. The van der Waals surface area contributed by atoms with Crippen molar-refractivity contribution in [3.8, 4) is 0 Å². The third-order valence-electron chi connectivity index (χ3n) is 1.87. The van der Waals surface area contributed by atoms with Crippen LogP contribution in [0, 0.1) is 12.8 Å². The maximum atomic E-state index is 5.92. The lowest BCUT2D eigenvalue weighted by Crippen LogP contribution is -1.94. The second kappa shape index (κ2) is 3.95. The lowest BCUT2D eigenvalue weighted by atomic mass is 10.0. The molecule has 1 rings (SSSR count). The highest BCUT2D eigenvalue weighted by molar-refractivity contribution is 6.31. The molecule has 0 saturated carbocycles. The Balaban J connectivity index is 2.82. The molecule has 0 N–H and O–H groups in total. The van der Waals surface area contributed by atoms with E-state index < -0.39 is 0 Å². The van der Waals surface area contributed by atoms with Gasteiger partial charge < -0.3 is 0 Å². The molecule has 0 aliphatic carbocycles. The normalized spacial score (nSPS) is 10.8. The Labute approximate surface area is 79.6 Å². The molecule has 12 heavy (non-hydrogen) atoms. The number of rotatable bonds is 2. The zero-order valence-electron chi connectivity index (χ0n) is 7.89. The average Bonchev–Trinajstić information content (AvgIpc) is 1.96. The predicted octanol–water partition coefficient (Wildman–Crippen LogP) is 3.85. The number of hydrogen-bond donors (Lipinski definition) is 0. The Morgan fingerprint density at radius 2 is 2.00 bits per heavy atom. The highest BCUT2D eigenvalue weighted by atomic mass is 35.5. The van der Waals surface area contributed by atoms with E-state index in [1.54, 1.807) is 0 Å². The minimum atomic E-state index is 0.713. The first kappa shape index (κ1) is 9.60. The molecule has 0 aliphatic heterocycles. The molecule has 0 radical (unpaired) electrons. The van der Waals surface area contributed by atoms with Gasteiger partial charge in [-0.15, -0.1) is 0 Å². The molecule has 0 aromatic heterocycles. The Hall–Kier alpha value is -0.490. The molecule has 0 unspecified atom stereocenters. The van der Waals surface area contributed by atoms with Crippen LogP contribution in [0.5, 0.6) is 0 Å². The fraction of sp³-hybridized carbons (Fsp3) is 0.455. The van der Waals surface area contributed by atoms with E-state index in [4.69, 9.17) is 11.6 Å². The summed E-state index contributed by atoms with van der Waals surface area (Å²) in [4.78, 5) is 0. The molecule has 0 saturated heterocycles. The third kappa shape index (κ3) is 2.53. The zero-order chi connectivity index (χ0) is 9.14. The van der Waals surface area contributed by atoms with Gasteiger partial charge in [-0.2, -0.15) is 0 Å². The topological polar surface area (TPSA) is 0 Å². The molecule has 66 valence electrons. The van der Waals surface area contributed by atoms with E-state index in [1.807, 2.05) is 13.0 Å². The van der Waals surface area contributed by atoms with Crippen molar-refractivity contribution in [1.29, 1.82) is 0 Å². The molecule has 0 aliphatic rings. The van der Waals surface area contributed by atoms with Crippen LogP contribution in [0.3, 0.4) is 0 Å². The molecule has 0 amide bonds. The molecule has 0 atom stereocenters. The first-order valence-corrected chi connectivity index (χ1v) is 4.72. The minimum absolute atomic E-state index is 0.713. The van der Waals surface area contributed by atoms with E-state index in [9.17, 15) is 0 Å². The van der Waals surface area contributed by atoms with E-state index in [0.29, 0.717) is 5.92 Å². The van der Waals surface area contributed by atoms with Gasteiger partial charge in [0.2, 0.25) is 0 Å². The van der Waals surface area contributed by atoms with E-state index >= 15 is 0 Å². The van der Waals surface area contributed by atoms with Gasteiger partial charge in [-0.05, 0) is 36.5 Å². The standard InChI is InChI=1S/C11H15Cl/c1-8(2)6-10-4-5-11(12)9(3)7-10/h4-5,7-8H,6H2,1-3H3. The van der Waals surface area contributed by atoms with Crippen LogP contribution in [0.15, 0.2) is 18.2 Å². The highest BCUT2D eigenvalue weighted by Crippen LogP contribution is 2.18. The molecular formula is C11H15Cl. The fourth-order valence-electron chi connectivity index (χ4n) is 1.31. The summed E-state index contributed by atoms with van der Waals surface area (Å²) in [6.45, 7) is 6.50. The van der Waals surface area contributed by atoms with Gasteiger partial charge in [0.05, 0.1) is 0 Å². The summed E-state index contributed by atoms with van der Waals surface area (Å²) >= 11 is 5.92. The SMILES string of the molecule is Cc1cc(CC(C)C)ccc1Cl. The van der Waals surface area contributed by atoms with Gasteiger partial charge in [0, 0.05) is 5.02 Å². The van der Waals surface area contributed by atoms with Crippen LogP contribution in [-0.4, -0.2) is 0 Å². The zero-order valence-corrected chi connectivity index (χ0v) is 8.65. The van der Waals surface area contributed by atoms with Gasteiger partial charge >= 0.3 is 0 Å². The number of halogens is 1. The van der Waals surface area contributed by atoms with Crippen molar-refractivity contribution in [3.05, 3.63) is 34.3 Å². The predicted molar refractivity (Wildman–Crippen MR) is 54.7 cm³/mol. The van der Waals surface area contributed by atoms with Crippen molar-refractivity contribution < 1.29 is 0 Å².